The van der Waals surface area contributed by atoms with Crippen molar-refractivity contribution in [3.63, 3.8) is 0 Å². The SMILES string of the molecule is Nc1nnc2n1-c1ccccc1CC2. The van der Waals surface area contributed by atoms with E-state index in [1.807, 2.05) is 16.7 Å². The summed E-state index contributed by atoms with van der Waals surface area (Å²) in [7, 11) is 0. The normalized spacial score (nSPS) is 13.4. The second-order valence-corrected chi connectivity index (χ2v) is 3.44. The molecule has 14 heavy (non-hydrogen) atoms. The first-order valence-electron chi connectivity index (χ1n) is 4.64. The minimum absolute atomic E-state index is 0.479. The van der Waals surface area contributed by atoms with E-state index in [4.69, 9.17) is 5.73 Å². The number of hydrogen-bond donors (Lipinski definition) is 1. The fourth-order valence-electron chi connectivity index (χ4n) is 1.94. The molecule has 4 heteroatoms. The largest absolute Gasteiger partial charge is 0.368 e. The minimum Gasteiger partial charge on any atom is -0.368 e. The Morgan fingerprint density at radius 3 is 2.93 bits per heavy atom. The van der Waals surface area contributed by atoms with Crippen LogP contribution in [-0.2, 0) is 12.8 Å². The van der Waals surface area contributed by atoms with Gasteiger partial charge in [-0.1, -0.05) is 18.2 Å². The molecular formula is C10H10N4. The number of nitrogen functional groups attached to an aromatic ring is 1. The second kappa shape index (κ2) is 2.57. The van der Waals surface area contributed by atoms with Crippen molar-refractivity contribution in [2.45, 2.75) is 12.8 Å². The van der Waals surface area contributed by atoms with Gasteiger partial charge >= 0.3 is 0 Å². The molecule has 0 aliphatic carbocycles. The lowest BCUT2D eigenvalue weighted by Crippen LogP contribution is -2.13. The summed E-state index contributed by atoms with van der Waals surface area (Å²) in [4.78, 5) is 0. The van der Waals surface area contributed by atoms with Crippen molar-refractivity contribution in [2.75, 3.05) is 5.73 Å². The maximum atomic E-state index is 5.77. The van der Waals surface area contributed by atoms with Crippen molar-refractivity contribution in [3.8, 4) is 5.69 Å². The predicted octanol–water partition coefficient (Wildman–Crippen LogP) is 0.948. The first-order valence-corrected chi connectivity index (χ1v) is 4.64. The molecule has 4 nitrogen and oxygen atoms in total. The van der Waals surface area contributed by atoms with Gasteiger partial charge < -0.3 is 5.73 Å². The summed E-state index contributed by atoms with van der Waals surface area (Å²) in [6.07, 6.45) is 1.94. The zero-order valence-corrected chi connectivity index (χ0v) is 7.64. The van der Waals surface area contributed by atoms with Crippen LogP contribution in [0, 0.1) is 0 Å². The fourth-order valence-corrected chi connectivity index (χ4v) is 1.94. The van der Waals surface area contributed by atoms with E-state index in [0.29, 0.717) is 5.95 Å². The molecule has 0 radical (unpaired) electrons. The maximum absolute atomic E-state index is 5.77. The highest BCUT2D eigenvalue weighted by atomic mass is 15.3. The molecule has 1 aliphatic rings. The van der Waals surface area contributed by atoms with Gasteiger partial charge in [0.15, 0.2) is 0 Å². The Kier molecular flexibility index (Phi) is 1.39. The number of nitrogens with two attached hydrogens (primary N) is 1. The van der Waals surface area contributed by atoms with Crippen LogP contribution in [-0.4, -0.2) is 14.8 Å². The lowest BCUT2D eigenvalue weighted by atomic mass is 10.0. The van der Waals surface area contributed by atoms with Crippen LogP contribution in [0.1, 0.15) is 11.4 Å². The van der Waals surface area contributed by atoms with Crippen LogP contribution < -0.4 is 5.73 Å². The number of para-hydroxylation sites is 1. The van der Waals surface area contributed by atoms with Gasteiger partial charge in [-0.25, -0.2) is 0 Å². The number of hydrogen-bond acceptors (Lipinski definition) is 3. The maximum Gasteiger partial charge on any atom is 0.226 e. The summed E-state index contributed by atoms with van der Waals surface area (Å²) >= 11 is 0. The van der Waals surface area contributed by atoms with Gasteiger partial charge in [0.1, 0.15) is 5.82 Å². The van der Waals surface area contributed by atoms with E-state index in [2.05, 4.69) is 22.3 Å². The highest BCUT2D eigenvalue weighted by Crippen LogP contribution is 2.25. The van der Waals surface area contributed by atoms with Gasteiger partial charge in [-0.3, -0.25) is 4.57 Å². The molecule has 2 N–H and O–H groups in total. The third-order valence-corrected chi connectivity index (χ3v) is 2.61. The van der Waals surface area contributed by atoms with Crippen molar-refractivity contribution in [1.82, 2.24) is 14.8 Å². The molecule has 0 atom stereocenters. The number of rotatable bonds is 0. The quantitative estimate of drug-likeness (QED) is 0.666. The van der Waals surface area contributed by atoms with Gasteiger partial charge in [-0.2, -0.15) is 0 Å². The topological polar surface area (TPSA) is 56.7 Å². The summed E-state index contributed by atoms with van der Waals surface area (Å²) < 4.78 is 1.93. The highest BCUT2D eigenvalue weighted by Gasteiger charge is 2.18. The molecule has 0 fully saturated rings. The first-order chi connectivity index (χ1) is 6.86. The van der Waals surface area contributed by atoms with Gasteiger partial charge in [0.2, 0.25) is 5.95 Å². The number of aromatic nitrogens is 3. The summed E-state index contributed by atoms with van der Waals surface area (Å²) in [5, 5.41) is 7.93. The third kappa shape index (κ3) is 0.878. The smallest absolute Gasteiger partial charge is 0.226 e. The molecule has 0 saturated heterocycles. The predicted molar refractivity (Wildman–Crippen MR) is 53.2 cm³/mol. The summed E-state index contributed by atoms with van der Waals surface area (Å²) in [5.74, 6) is 1.44. The van der Waals surface area contributed by atoms with Crippen molar-refractivity contribution in [3.05, 3.63) is 35.7 Å². The molecule has 0 amide bonds. The molecule has 2 aromatic rings. The second-order valence-electron chi connectivity index (χ2n) is 3.44. The highest BCUT2D eigenvalue weighted by molar-refractivity contribution is 5.48. The summed E-state index contributed by atoms with van der Waals surface area (Å²) in [6, 6.07) is 8.23. The minimum atomic E-state index is 0.479. The van der Waals surface area contributed by atoms with Gasteiger partial charge in [-0.05, 0) is 18.1 Å². The average molecular weight is 186 g/mol. The lowest BCUT2D eigenvalue weighted by molar-refractivity contribution is 0.777. The van der Waals surface area contributed by atoms with Gasteiger partial charge in [0.05, 0.1) is 5.69 Å². The number of fused-ring (bicyclic) bond motifs is 3. The average Bonchev–Trinajstić information content (AvgIpc) is 2.61. The van der Waals surface area contributed by atoms with Crippen LogP contribution >= 0.6 is 0 Å². The Hall–Kier alpha value is -1.84. The molecule has 0 bridgehead atoms. The molecule has 1 aromatic heterocycles. The van der Waals surface area contributed by atoms with E-state index in [1.165, 1.54) is 5.56 Å². The fraction of sp³-hybridized carbons (Fsp3) is 0.200. The molecular weight excluding hydrogens is 176 g/mol. The van der Waals surface area contributed by atoms with E-state index in [1.54, 1.807) is 0 Å². The molecule has 2 heterocycles. The van der Waals surface area contributed by atoms with Crippen LogP contribution in [0.4, 0.5) is 5.95 Å². The van der Waals surface area contributed by atoms with Crippen LogP contribution in [0.25, 0.3) is 5.69 Å². The van der Waals surface area contributed by atoms with Crippen LogP contribution in [0.5, 0.6) is 0 Å². The Morgan fingerprint density at radius 2 is 2.00 bits per heavy atom. The Morgan fingerprint density at radius 1 is 1.14 bits per heavy atom. The van der Waals surface area contributed by atoms with E-state index < -0.39 is 0 Å². The Bertz CT molecular complexity index is 487. The van der Waals surface area contributed by atoms with Crippen LogP contribution in [0.3, 0.4) is 0 Å². The molecule has 0 saturated carbocycles. The lowest BCUT2D eigenvalue weighted by Gasteiger charge is -2.17. The van der Waals surface area contributed by atoms with Crippen molar-refractivity contribution < 1.29 is 0 Å². The van der Waals surface area contributed by atoms with Crippen LogP contribution in [0.15, 0.2) is 24.3 Å². The van der Waals surface area contributed by atoms with Crippen LogP contribution in [0.2, 0.25) is 0 Å². The number of nitrogens with zero attached hydrogens (tertiary/aromatic N) is 3. The van der Waals surface area contributed by atoms with Crippen molar-refractivity contribution >= 4 is 5.95 Å². The molecule has 1 aliphatic heterocycles. The number of aryl methyl sites for hydroxylation is 2. The van der Waals surface area contributed by atoms with E-state index in [0.717, 1.165) is 24.4 Å². The Balaban J connectivity index is 2.32. The Labute approximate surface area is 81.4 Å². The summed E-state index contributed by atoms with van der Waals surface area (Å²) in [5.41, 5.74) is 8.20. The molecule has 1 aromatic carbocycles. The van der Waals surface area contributed by atoms with Crippen molar-refractivity contribution in [2.24, 2.45) is 0 Å². The molecule has 0 spiro atoms. The van der Waals surface area contributed by atoms with Gasteiger partial charge in [-0.15, -0.1) is 10.2 Å². The number of benzene rings is 1. The van der Waals surface area contributed by atoms with Gasteiger partial charge in [0.25, 0.3) is 0 Å². The van der Waals surface area contributed by atoms with E-state index >= 15 is 0 Å². The van der Waals surface area contributed by atoms with Crippen molar-refractivity contribution in [1.29, 1.82) is 0 Å². The molecule has 0 unspecified atom stereocenters. The van der Waals surface area contributed by atoms with E-state index in [-0.39, 0.29) is 0 Å². The molecule has 70 valence electrons. The summed E-state index contributed by atoms with van der Waals surface area (Å²) in [6.45, 7) is 0. The monoisotopic (exact) mass is 186 g/mol. The number of anilines is 1. The zero-order valence-electron chi connectivity index (χ0n) is 7.64. The zero-order chi connectivity index (χ0) is 9.54. The third-order valence-electron chi connectivity index (χ3n) is 2.61. The first kappa shape index (κ1) is 7.55. The van der Waals surface area contributed by atoms with Gasteiger partial charge in [0, 0.05) is 6.42 Å². The molecule has 3 rings (SSSR count). The standard InChI is InChI=1S/C10H10N4/c11-10-13-12-9-6-5-7-3-1-2-4-8(7)14(9)10/h1-4H,5-6H2,(H2,11,13). The van der Waals surface area contributed by atoms with E-state index in [9.17, 15) is 0 Å².